The first kappa shape index (κ1) is 16.4. The van der Waals surface area contributed by atoms with Crippen molar-refractivity contribution in [2.45, 2.75) is 38.1 Å². The molecule has 124 valence electrons. The Kier molecular flexibility index (Phi) is 5.09. The molecule has 1 aliphatic rings. The van der Waals surface area contributed by atoms with E-state index >= 15 is 0 Å². The zero-order valence-electron chi connectivity index (χ0n) is 14.0. The highest BCUT2D eigenvalue weighted by Crippen LogP contribution is 2.26. The zero-order chi connectivity index (χ0) is 16.9. The lowest BCUT2D eigenvalue weighted by atomic mass is 9.96. The number of ketones is 1. The summed E-state index contributed by atoms with van der Waals surface area (Å²) in [6.07, 6.45) is 2.11. The number of benzene rings is 2. The van der Waals surface area contributed by atoms with E-state index < -0.39 is 0 Å². The largest absolute Gasteiger partial charge is 0.332 e. The number of nitrogens with zero attached hydrogens (tertiary/aromatic N) is 1. The summed E-state index contributed by atoms with van der Waals surface area (Å²) < 4.78 is 0. The molecule has 0 saturated carbocycles. The van der Waals surface area contributed by atoms with Crippen LogP contribution in [0.4, 0.5) is 0 Å². The first-order chi connectivity index (χ1) is 11.7. The summed E-state index contributed by atoms with van der Waals surface area (Å²) >= 11 is 0. The highest BCUT2D eigenvalue weighted by molar-refractivity contribution is 6.02. The summed E-state index contributed by atoms with van der Waals surface area (Å²) in [4.78, 5) is 27.3. The van der Waals surface area contributed by atoms with Crippen LogP contribution < -0.4 is 0 Å². The van der Waals surface area contributed by atoms with Gasteiger partial charge < -0.3 is 4.90 Å². The summed E-state index contributed by atoms with van der Waals surface area (Å²) in [7, 11) is 0. The number of hydrogen-bond acceptors (Lipinski definition) is 2. The molecule has 1 heterocycles. The van der Waals surface area contributed by atoms with Crippen molar-refractivity contribution in [3.63, 3.8) is 0 Å². The summed E-state index contributed by atoms with van der Waals surface area (Å²) in [5.74, 6) is 0.304. The fourth-order valence-corrected chi connectivity index (χ4v) is 3.41. The molecule has 0 spiro atoms. The predicted octanol–water partition coefficient (Wildman–Crippen LogP) is 4.05. The summed E-state index contributed by atoms with van der Waals surface area (Å²) in [5.41, 5.74) is 1.86. The molecule has 0 N–H and O–H groups in total. The van der Waals surface area contributed by atoms with E-state index in [2.05, 4.69) is 19.1 Å². The maximum Gasteiger partial charge on any atom is 0.223 e. The molecule has 3 heteroatoms. The number of likely N-dealkylation sites (tertiary alicyclic amines) is 1. The van der Waals surface area contributed by atoms with Gasteiger partial charge in [-0.3, -0.25) is 9.59 Å². The highest BCUT2D eigenvalue weighted by atomic mass is 16.2. The van der Waals surface area contributed by atoms with Gasteiger partial charge in [0.2, 0.25) is 5.91 Å². The van der Waals surface area contributed by atoms with Gasteiger partial charge in [0, 0.05) is 18.5 Å². The van der Waals surface area contributed by atoms with Gasteiger partial charge in [0.05, 0.1) is 6.04 Å². The molecule has 0 bridgehead atoms. The maximum atomic E-state index is 12.7. The van der Waals surface area contributed by atoms with Gasteiger partial charge in [0.1, 0.15) is 0 Å². The van der Waals surface area contributed by atoms with Crippen LogP contribution in [0.5, 0.6) is 0 Å². The fourth-order valence-electron chi connectivity index (χ4n) is 3.41. The lowest BCUT2D eigenvalue weighted by Gasteiger charge is -2.25. The van der Waals surface area contributed by atoms with E-state index in [1.807, 2.05) is 48.5 Å². The second kappa shape index (κ2) is 7.43. The Bertz CT molecular complexity index is 696. The first-order valence-electron chi connectivity index (χ1n) is 8.60. The Morgan fingerprint density at radius 2 is 1.67 bits per heavy atom. The zero-order valence-corrected chi connectivity index (χ0v) is 14.0. The van der Waals surface area contributed by atoms with Gasteiger partial charge in [-0.15, -0.1) is 0 Å². The van der Waals surface area contributed by atoms with Crippen molar-refractivity contribution in [1.29, 1.82) is 0 Å². The predicted molar refractivity (Wildman–Crippen MR) is 95.0 cm³/mol. The van der Waals surface area contributed by atoms with Gasteiger partial charge in [-0.05, 0) is 24.3 Å². The minimum absolute atomic E-state index is 0.0637. The minimum Gasteiger partial charge on any atom is -0.332 e. The SMILES string of the molecule is CC(CC(=O)N1CCCC1C(=O)c1ccccc1)c1ccccc1. The number of carbonyl (C=O) groups is 2. The van der Waals surface area contributed by atoms with Crippen molar-refractivity contribution in [1.82, 2.24) is 4.90 Å². The molecule has 2 aromatic carbocycles. The van der Waals surface area contributed by atoms with E-state index in [4.69, 9.17) is 0 Å². The molecule has 1 amide bonds. The first-order valence-corrected chi connectivity index (χ1v) is 8.60. The van der Waals surface area contributed by atoms with E-state index in [1.165, 1.54) is 0 Å². The molecule has 0 radical (unpaired) electrons. The monoisotopic (exact) mass is 321 g/mol. The molecule has 1 saturated heterocycles. The van der Waals surface area contributed by atoms with Crippen LogP contribution in [0.1, 0.15) is 48.0 Å². The Morgan fingerprint density at radius 3 is 2.33 bits per heavy atom. The lowest BCUT2D eigenvalue weighted by molar-refractivity contribution is -0.131. The van der Waals surface area contributed by atoms with Gasteiger partial charge in [0.25, 0.3) is 0 Å². The van der Waals surface area contributed by atoms with Crippen molar-refractivity contribution >= 4 is 11.7 Å². The van der Waals surface area contributed by atoms with Gasteiger partial charge in [-0.25, -0.2) is 0 Å². The molecular weight excluding hydrogens is 298 g/mol. The van der Waals surface area contributed by atoms with Crippen LogP contribution in [0.15, 0.2) is 60.7 Å². The van der Waals surface area contributed by atoms with Crippen LogP contribution >= 0.6 is 0 Å². The van der Waals surface area contributed by atoms with Crippen LogP contribution in [0.25, 0.3) is 0 Å². The number of carbonyl (C=O) groups excluding carboxylic acids is 2. The second-order valence-electron chi connectivity index (χ2n) is 6.49. The van der Waals surface area contributed by atoms with E-state index in [0.717, 1.165) is 18.4 Å². The van der Waals surface area contributed by atoms with E-state index in [9.17, 15) is 9.59 Å². The van der Waals surface area contributed by atoms with E-state index in [-0.39, 0.29) is 23.7 Å². The van der Waals surface area contributed by atoms with Crippen molar-refractivity contribution in [3.05, 3.63) is 71.8 Å². The van der Waals surface area contributed by atoms with Crippen LogP contribution in [-0.4, -0.2) is 29.2 Å². The van der Waals surface area contributed by atoms with Crippen molar-refractivity contribution in [2.75, 3.05) is 6.54 Å². The third kappa shape index (κ3) is 3.56. The lowest BCUT2D eigenvalue weighted by Crippen LogP contribution is -2.40. The molecule has 0 aliphatic carbocycles. The third-order valence-electron chi connectivity index (χ3n) is 4.78. The molecule has 2 aromatic rings. The number of Topliss-reactive ketones (excluding diaryl/α,β-unsaturated/α-hetero) is 1. The maximum absolute atomic E-state index is 12.7. The highest BCUT2D eigenvalue weighted by Gasteiger charge is 2.34. The molecule has 1 fully saturated rings. The number of hydrogen-bond donors (Lipinski definition) is 0. The van der Waals surface area contributed by atoms with Crippen LogP contribution in [0.3, 0.4) is 0 Å². The van der Waals surface area contributed by atoms with Crippen molar-refractivity contribution < 1.29 is 9.59 Å². The van der Waals surface area contributed by atoms with Crippen LogP contribution in [0, 0.1) is 0 Å². The van der Waals surface area contributed by atoms with Gasteiger partial charge >= 0.3 is 0 Å². The molecule has 1 aliphatic heterocycles. The second-order valence-corrected chi connectivity index (χ2v) is 6.49. The molecule has 2 atom stereocenters. The topological polar surface area (TPSA) is 37.4 Å². The van der Waals surface area contributed by atoms with Gasteiger partial charge in [-0.2, -0.15) is 0 Å². The smallest absolute Gasteiger partial charge is 0.223 e. The van der Waals surface area contributed by atoms with Crippen LogP contribution in [-0.2, 0) is 4.79 Å². The summed E-state index contributed by atoms with van der Waals surface area (Å²) in [6, 6.07) is 19.1. The molecule has 24 heavy (non-hydrogen) atoms. The Labute approximate surface area is 143 Å². The minimum atomic E-state index is -0.303. The van der Waals surface area contributed by atoms with E-state index in [1.54, 1.807) is 4.90 Å². The molecule has 2 unspecified atom stereocenters. The van der Waals surface area contributed by atoms with Gasteiger partial charge in [0.15, 0.2) is 5.78 Å². The molecule has 0 aromatic heterocycles. The quantitative estimate of drug-likeness (QED) is 0.779. The summed E-state index contributed by atoms with van der Waals surface area (Å²) in [6.45, 7) is 2.75. The Balaban J connectivity index is 1.69. The Morgan fingerprint density at radius 1 is 1.04 bits per heavy atom. The normalized spacial score (nSPS) is 18.4. The van der Waals surface area contributed by atoms with Gasteiger partial charge in [-0.1, -0.05) is 67.6 Å². The average molecular weight is 321 g/mol. The number of amides is 1. The van der Waals surface area contributed by atoms with Crippen LogP contribution in [0.2, 0.25) is 0 Å². The molecule has 3 rings (SSSR count). The van der Waals surface area contributed by atoms with E-state index in [0.29, 0.717) is 18.5 Å². The van der Waals surface area contributed by atoms with Crippen molar-refractivity contribution in [3.8, 4) is 0 Å². The standard InChI is InChI=1S/C21H23NO2/c1-16(17-9-4-2-5-10-17)15-20(23)22-14-8-13-19(22)21(24)18-11-6-3-7-12-18/h2-7,9-12,16,19H,8,13-15H2,1H3. The molecular formula is C21H23NO2. The molecule has 3 nitrogen and oxygen atoms in total. The summed E-state index contributed by atoms with van der Waals surface area (Å²) in [5, 5.41) is 0. The Hall–Kier alpha value is -2.42. The van der Waals surface area contributed by atoms with Crippen molar-refractivity contribution in [2.24, 2.45) is 0 Å². The fraction of sp³-hybridized carbons (Fsp3) is 0.333. The average Bonchev–Trinajstić information content (AvgIpc) is 3.12. The third-order valence-corrected chi connectivity index (χ3v) is 4.78. The number of rotatable bonds is 5.